The fraction of sp³-hybridized carbons (Fsp3) is 0.400. The van der Waals surface area contributed by atoms with Gasteiger partial charge >= 0.3 is 0 Å². The lowest BCUT2D eigenvalue weighted by atomic mass is 10.1. The number of rotatable bonds is 5. The van der Waals surface area contributed by atoms with E-state index >= 15 is 0 Å². The van der Waals surface area contributed by atoms with E-state index in [0.717, 1.165) is 43.8 Å². The molecule has 1 aliphatic heterocycles. The zero-order valence-electron chi connectivity index (χ0n) is 14.1. The van der Waals surface area contributed by atoms with Crippen LogP contribution in [0, 0.1) is 6.92 Å². The number of piperidine rings is 1. The summed E-state index contributed by atoms with van der Waals surface area (Å²) in [6.45, 7) is 3.51. The molecule has 1 aromatic heterocycles. The molecule has 2 aromatic rings. The van der Waals surface area contributed by atoms with Crippen molar-refractivity contribution in [2.75, 3.05) is 13.1 Å². The molecule has 0 bridgehead atoms. The van der Waals surface area contributed by atoms with E-state index < -0.39 is 0 Å². The second-order valence-corrected chi connectivity index (χ2v) is 6.32. The summed E-state index contributed by atoms with van der Waals surface area (Å²) in [5.74, 6) is 1.06. The van der Waals surface area contributed by atoms with Gasteiger partial charge in [-0.2, -0.15) is 0 Å². The van der Waals surface area contributed by atoms with Crippen LogP contribution in [-0.2, 0) is 11.2 Å². The number of hydrogen-bond donors (Lipinski definition) is 0. The summed E-state index contributed by atoms with van der Waals surface area (Å²) in [6.07, 6.45) is 5.10. The van der Waals surface area contributed by atoms with Crippen molar-refractivity contribution in [3.63, 3.8) is 0 Å². The first-order valence-corrected chi connectivity index (χ1v) is 8.62. The molecule has 1 aliphatic rings. The molecule has 2 heterocycles. The predicted octanol–water partition coefficient (Wildman–Crippen LogP) is 3.39. The van der Waals surface area contributed by atoms with Crippen molar-refractivity contribution in [1.29, 1.82) is 0 Å². The Morgan fingerprint density at radius 3 is 2.58 bits per heavy atom. The number of aryl methyl sites for hydroxylation is 2. The highest BCUT2D eigenvalue weighted by molar-refractivity contribution is 5.76. The highest BCUT2D eigenvalue weighted by Crippen LogP contribution is 2.19. The Morgan fingerprint density at radius 2 is 1.92 bits per heavy atom. The summed E-state index contributed by atoms with van der Waals surface area (Å²) in [7, 11) is 0. The number of benzene rings is 1. The maximum Gasteiger partial charge on any atom is 0.222 e. The first-order chi connectivity index (χ1) is 11.7. The molecule has 3 rings (SSSR count). The molecule has 1 aromatic carbocycles. The molecule has 0 radical (unpaired) electrons. The highest BCUT2D eigenvalue weighted by Gasteiger charge is 2.23. The topological polar surface area (TPSA) is 42.4 Å². The molecule has 4 heteroatoms. The van der Waals surface area contributed by atoms with Gasteiger partial charge in [0.2, 0.25) is 5.91 Å². The van der Waals surface area contributed by atoms with Crippen LogP contribution < -0.4 is 4.74 Å². The van der Waals surface area contributed by atoms with Gasteiger partial charge < -0.3 is 9.64 Å². The average Bonchev–Trinajstić information content (AvgIpc) is 2.63. The van der Waals surface area contributed by atoms with Gasteiger partial charge in [0.25, 0.3) is 0 Å². The van der Waals surface area contributed by atoms with Crippen molar-refractivity contribution in [3.05, 3.63) is 59.9 Å². The number of ether oxygens (including phenoxy) is 1. The maximum atomic E-state index is 12.3. The smallest absolute Gasteiger partial charge is 0.222 e. The molecule has 0 unspecified atom stereocenters. The molecule has 0 N–H and O–H groups in total. The fourth-order valence-corrected chi connectivity index (χ4v) is 2.99. The van der Waals surface area contributed by atoms with E-state index in [1.54, 1.807) is 6.20 Å². The van der Waals surface area contributed by atoms with Crippen LogP contribution in [0.4, 0.5) is 0 Å². The third kappa shape index (κ3) is 4.57. The minimum atomic E-state index is 0.174. The Balaban J connectivity index is 1.42. The third-order valence-corrected chi connectivity index (χ3v) is 4.45. The van der Waals surface area contributed by atoms with Crippen LogP contribution in [0.15, 0.2) is 48.7 Å². The Morgan fingerprint density at radius 1 is 1.17 bits per heavy atom. The summed E-state index contributed by atoms with van der Waals surface area (Å²) < 4.78 is 5.97. The van der Waals surface area contributed by atoms with Gasteiger partial charge in [-0.25, -0.2) is 0 Å². The van der Waals surface area contributed by atoms with Crippen LogP contribution in [-0.4, -0.2) is 35.0 Å². The van der Waals surface area contributed by atoms with Crippen LogP contribution >= 0.6 is 0 Å². The lowest BCUT2D eigenvalue weighted by molar-refractivity contribution is -0.132. The number of likely N-dealkylation sites (tertiary alicyclic amines) is 1. The highest BCUT2D eigenvalue weighted by atomic mass is 16.5. The van der Waals surface area contributed by atoms with Gasteiger partial charge in [0.15, 0.2) is 0 Å². The quantitative estimate of drug-likeness (QED) is 0.846. The molecule has 0 spiro atoms. The van der Waals surface area contributed by atoms with Gasteiger partial charge in [0.05, 0.1) is 6.20 Å². The average molecular weight is 324 g/mol. The van der Waals surface area contributed by atoms with Crippen LogP contribution in [0.2, 0.25) is 0 Å². The summed E-state index contributed by atoms with van der Waals surface area (Å²) >= 11 is 0. The molecule has 0 atom stereocenters. The molecule has 1 fully saturated rings. The van der Waals surface area contributed by atoms with Gasteiger partial charge in [0.1, 0.15) is 11.9 Å². The van der Waals surface area contributed by atoms with Gasteiger partial charge in [-0.3, -0.25) is 9.78 Å². The van der Waals surface area contributed by atoms with E-state index in [0.29, 0.717) is 6.42 Å². The zero-order chi connectivity index (χ0) is 16.8. The van der Waals surface area contributed by atoms with Crippen LogP contribution in [0.5, 0.6) is 5.75 Å². The van der Waals surface area contributed by atoms with Gasteiger partial charge in [-0.05, 0) is 31.0 Å². The molecule has 4 nitrogen and oxygen atoms in total. The first kappa shape index (κ1) is 16.5. The van der Waals surface area contributed by atoms with Crippen molar-refractivity contribution in [2.45, 2.75) is 38.7 Å². The molecule has 1 amide bonds. The summed E-state index contributed by atoms with van der Waals surface area (Å²) in [5, 5.41) is 0. The van der Waals surface area contributed by atoms with E-state index in [9.17, 15) is 4.79 Å². The molecule has 0 saturated carbocycles. The Kier molecular flexibility index (Phi) is 5.47. The summed E-state index contributed by atoms with van der Waals surface area (Å²) in [5.41, 5.74) is 2.21. The number of pyridine rings is 1. The minimum absolute atomic E-state index is 0.174. The Labute approximate surface area is 143 Å². The molecule has 126 valence electrons. The second-order valence-electron chi connectivity index (χ2n) is 6.32. The number of aromatic nitrogens is 1. The predicted molar refractivity (Wildman–Crippen MR) is 94.0 cm³/mol. The van der Waals surface area contributed by atoms with E-state index in [1.165, 1.54) is 5.56 Å². The SMILES string of the molecule is Cc1ccc(OC2CCN(C(=O)CCc3ccccc3)CC2)cn1. The van der Waals surface area contributed by atoms with Gasteiger partial charge in [0, 0.05) is 38.0 Å². The molecular weight excluding hydrogens is 300 g/mol. The van der Waals surface area contributed by atoms with E-state index in [2.05, 4.69) is 17.1 Å². The monoisotopic (exact) mass is 324 g/mol. The zero-order valence-corrected chi connectivity index (χ0v) is 14.1. The fourth-order valence-electron chi connectivity index (χ4n) is 2.99. The maximum absolute atomic E-state index is 12.3. The number of carbonyl (C=O) groups is 1. The van der Waals surface area contributed by atoms with Gasteiger partial charge in [-0.15, -0.1) is 0 Å². The van der Waals surface area contributed by atoms with Crippen molar-refractivity contribution in [2.24, 2.45) is 0 Å². The normalized spacial score (nSPS) is 15.3. The molecule has 1 saturated heterocycles. The number of hydrogen-bond acceptors (Lipinski definition) is 3. The Bertz CT molecular complexity index is 647. The van der Waals surface area contributed by atoms with E-state index in [1.807, 2.05) is 42.2 Å². The van der Waals surface area contributed by atoms with Crippen molar-refractivity contribution >= 4 is 5.91 Å². The summed E-state index contributed by atoms with van der Waals surface area (Å²) in [6, 6.07) is 14.1. The van der Waals surface area contributed by atoms with Crippen molar-refractivity contribution in [1.82, 2.24) is 9.88 Å². The lowest BCUT2D eigenvalue weighted by Crippen LogP contribution is -2.41. The van der Waals surface area contributed by atoms with Gasteiger partial charge in [-0.1, -0.05) is 30.3 Å². The Hall–Kier alpha value is -2.36. The molecular formula is C20H24N2O2. The standard InChI is InChI=1S/C20H24N2O2/c1-16-7-9-19(15-21-16)24-18-11-13-22(14-12-18)20(23)10-8-17-5-3-2-4-6-17/h2-7,9,15,18H,8,10-14H2,1H3. The van der Waals surface area contributed by atoms with Crippen LogP contribution in [0.3, 0.4) is 0 Å². The number of amides is 1. The van der Waals surface area contributed by atoms with Crippen molar-refractivity contribution in [3.8, 4) is 5.75 Å². The van der Waals surface area contributed by atoms with E-state index in [4.69, 9.17) is 4.74 Å². The molecule has 0 aliphatic carbocycles. The number of carbonyl (C=O) groups excluding carboxylic acids is 1. The summed E-state index contributed by atoms with van der Waals surface area (Å²) in [4.78, 5) is 18.6. The number of nitrogens with zero attached hydrogens (tertiary/aromatic N) is 2. The van der Waals surface area contributed by atoms with Crippen LogP contribution in [0.1, 0.15) is 30.5 Å². The van der Waals surface area contributed by atoms with Crippen LogP contribution in [0.25, 0.3) is 0 Å². The second kappa shape index (κ2) is 7.95. The van der Waals surface area contributed by atoms with Crippen molar-refractivity contribution < 1.29 is 9.53 Å². The first-order valence-electron chi connectivity index (χ1n) is 8.62. The van der Waals surface area contributed by atoms with E-state index in [-0.39, 0.29) is 12.0 Å². The largest absolute Gasteiger partial charge is 0.489 e. The third-order valence-electron chi connectivity index (χ3n) is 4.45. The minimum Gasteiger partial charge on any atom is -0.489 e. The lowest BCUT2D eigenvalue weighted by Gasteiger charge is -2.32. The molecule has 24 heavy (non-hydrogen) atoms.